The number of rotatable bonds is 2. The number of carbonyl (C=O) groups is 3. The zero-order valence-corrected chi connectivity index (χ0v) is 60.0. The summed E-state index contributed by atoms with van der Waals surface area (Å²) < 4.78 is 0. The summed E-state index contributed by atoms with van der Waals surface area (Å²) in [5.41, 5.74) is 9.59. The average Bonchev–Trinajstić information content (AvgIpc) is 2.88. The van der Waals surface area contributed by atoms with Gasteiger partial charge in [-0.05, 0) is 153 Å². The van der Waals surface area contributed by atoms with E-state index in [1.807, 2.05) is 13.8 Å². The van der Waals surface area contributed by atoms with E-state index < -0.39 is 5.60 Å². The first-order chi connectivity index (χ1) is 27.6. The predicted octanol–water partition coefficient (Wildman–Crippen LogP) is 9.62. The minimum atomic E-state index is -0.453. The van der Waals surface area contributed by atoms with Crippen molar-refractivity contribution in [2.45, 2.75) is 259 Å². The second-order valence-electron chi connectivity index (χ2n) is 29.3. The molecule has 4 saturated carbocycles. The van der Waals surface area contributed by atoms with E-state index >= 15 is 0 Å². The van der Waals surface area contributed by atoms with Gasteiger partial charge >= 0.3 is 71.3 Å². The van der Waals surface area contributed by atoms with Gasteiger partial charge in [0.2, 0.25) is 5.91 Å². The van der Waals surface area contributed by atoms with Gasteiger partial charge in [-0.3, -0.25) is 14.4 Å². The third kappa shape index (κ3) is 39.2. The summed E-state index contributed by atoms with van der Waals surface area (Å²) in [6, 6.07) is 0. The summed E-state index contributed by atoms with van der Waals surface area (Å²) in [5, 5.41) is 13.1. The molecule has 0 radical (unpaired) electrons. The fraction of sp³-hybridized carbons (Fsp3) is 0.875. The molecule has 0 saturated heterocycles. The molecule has 0 bridgehead atoms. The fourth-order valence-electron chi connectivity index (χ4n) is 15.5. The van der Waals surface area contributed by atoms with Crippen LogP contribution >= 0.6 is 34.1 Å². The normalized spacial score (nSPS) is 24.8. The minimum Gasteiger partial charge on any atom is -1.00 e. The Balaban J connectivity index is -0.000000111. The zero-order chi connectivity index (χ0) is 50.3. The van der Waals surface area contributed by atoms with Gasteiger partial charge in [-0.1, -0.05) is 130 Å². The monoisotopic (exact) mass is 1340 g/mol. The third-order valence-corrected chi connectivity index (χ3v) is 13.0. The molecule has 70 heavy (non-hydrogen) atoms. The molecule has 0 aromatic rings. The van der Waals surface area contributed by atoms with Crippen molar-refractivity contribution in [1.29, 1.82) is 0 Å². The molecule has 14 heteroatoms. The van der Waals surface area contributed by atoms with Crippen LogP contribution in [-0.2, 0) is 29.5 Å². The smallest absolute Gasteiger partial charge is 1.00 e. The Morgan fingerprint density at radius 3 is 1.07 bits per heavy atom. The number of nitrogens with one attached hydrogen (secondary N) is 1. The van der Waals surface area contributed by atoms with Crippen molar-refractivity contribution in [2.75, 3.05) is 5.88 Å². The van der Waals surface area contributed by atoms with Crippen molar-refractivity contribution in [3.63, 3.8) is 0 Å². The Labute approximate surface area is 525 Å². The number of aliphatic hydroxyl groups is 1. The summed E-state index contributed by atoms with van der Waals surface area (Å²) in [6.45, 7) is 48.8. The molecule has 4 N–H and O–H groups in total. The van der Waals surface area contributed by atoms with Crippen molar-refractivity contribution < 1.29 is 82.5 Å². The Morgan fingerprint density at radius 2 is 0.829 bits per heavy atom. The maximum atomic E-state index is 11.5. The van der Waals surface area contributed by atoms with Gasteiger partial charge in [0.05, 0.1) is 5.60 Å². The molecule has 0 aliphatic heterocycles. The van der Waals surface area contributed by atoms with Gasteiger partial charge in [-0.15, -0.1) is 24.0 Å². The summed E-state index contributed by atoms with van der Waals surface area (Å²) in [4.78, 5) is 33.8. The van der Waals surface area contributed by atoms with E-state index in [2.05, 4.69) is 169 Å². The van der Waals surface area contributed by atoms with Gasteiger partial charge in [0, 0.05) is 30.3 Å². The molecule has 5 aliphatic carbocycles. The van der Waals surface area contributed by atoms with Crippen LogP contribution in [0.1, 0.15) is 242 Å². The van der Waals surface area contributed by atoms with Crippen molar-refractivity contribution in [1.82, 2.24) is 5.32 Å². The second-order valence-corrected chi connectivity index (χ2v) is 29.6. The summed E-state index contributed by atoms with van der Waals surface area (Å²) in [7, 11) is 4.20. The van der Waals surface area contributed by atoms with Crippen LogP contribution in [0.3, 0.4) is 0 Å². The third-order valence-electron chi connectivity index (χ3n) is 12.8. The van der Waals surface area contributed by atoms with E-state index in [0.717, 1.165) is 57.8 Å². The molecule has 0 atom stereocenters. The van der Waals surface area contributed by atoms with Crippen molar-refractivity contribution >= 4 is 97.7 Å². The maximum Gasteiger partial charge on any atom is 2.00 e. The van der Waals surface area contributed by atoms with Gasteiger partial charge < -0.3 is 79.0 Å². The van der Waals surface area contributed by atoms with Gasteiger partial charge in [0.15, 0.2) is 5.78 Å². The Kier molecular flexibility index (Phi) is 42.7. The number of nitrogens with two attached hydrogens (primary N) is 1. The van der Waals surface area contributed by atoms with Gasteiger partial charge in [0.25, 0.3) is 0 Å². The molecule has 0 unspecified atom stereocenters. The van der Waals surface area contributed by atoms with Crippen molar-refractivity contribution in [3.05, 3.63) is 26.5 Å². The molecule has 5 aliphatic rings. The van der Waals surface area contributed by atoms with E-state index in [0.29, 0.717) is 33.9 Å². The van der Waals surface area contributed by atoms with Crippen LogP contribution in [0.5, 0.6) is 0 Å². The van der Waals surface area contributed by atoms with Crippen LogP contribution in [0.4, 0.5) is 0 Å². The number of ketones is 2. The van der Waals surface area contributed by atoms with Crippen molar-refractivity contribution in [2.24, 2.45) is 54.5 Å². The predicted molar refractivity (Wildman–Crippen MR) is 300 cm³/mol. The molecule has 4 fully saturated rings. The second kappa shape index (κ2) is 33.4. The first-order valence-corrected chi connectivity index (χ1v) is 25.7. The van der Waals surface area contributed by atoms with Crippen LogP contribution in [0, 0.1) is 63.6 Å². The van der Waals surface area contributed by atoms with Crippen LogP contribution in [0.2, 0.25) is 0 Å². The van der Waals surface area contributed by atoms with E-state index in [-0.39, 0.29) is 177 Å². The number of halogens is 5. The number of hydrogen-bond acceptors (Lipinski definition) is 5. The Hall–Kier alpha value is 2.85. The van der Waals surface area contributed by atoms with E-state index in [4.69, 9.17) is 17.3 Å². The number of alkyl halides is 1. The summed E-state index contributed by atoms with van der Waals surface area (Å²) in [5.74, 6) is 0.717. The van der Waals surface area contributed by atoms with Gasteiger partial charge in [-0.25, -0.2) is 0 Å². The molecule has 5 rings (SSSR count). The van der Waals surface area contributed by atoms with Gasteiger partial charge in [0.1, 0.15) is 11.7 Å². The molecular weight excluding hydrogens is 1240 g/mol. The van der Waals surface area contributed by atoms with Crippen LogP contribution < -0.4 is 59.0 Å². The molecule has 0 spiro atoms. The topological polar surface area (TPSA) is 109 Å². The number of carbonyl (C=O) groups excluding carboxylic acids is 3. The quantitative estimate of drug-likeness (QED) is 0.111. The maximum absolute atomic E-state index is 11.5. The fourth-order valence-corrected chi connectivity index (χ4v) is 15.6. The van der Waals surface area contributed by atoms with E-state index in [9.17, 15) is 19.5 Å². The largest absolute Gasteiger partial charge is 2.00 e. The molecule has 6 nitrogen and oxygen atoms in total. The number of hydrogen-bond donors (Lipinski definition) is 3. The van der Waals surface area contributed by atoms with E-state index in [1.165, 1.54) is 31.3 Å². The molecule has 0 aromatic heterocycles. The molecular formula is C56H108Cl3CuI2Mg2N2O4. The molecule has 416 valence electrons. The van der Waals surface area contributed by atoms with Crippen LogP contribution in [0.15, 0.2) is 11.6 Å². The SMILES string of the molecule is CC1(C)CC(=O)CC(C)(C)C1.CC1(C)CC(C)(C)CC(C)(N)C1.CC1(C)CC(C)(C)CC(C)(NC(=O)CCl)C1.CC1(C)CC(C)(C)CC(C)(O)C1.CC1=CC(=O)CC(C)(C)C1.Cl.[CH3-].[CH3-].[Cl][Cu].[I-].[I-].[Mg+2].[Mg+2]. The zero-order valence-electron chi connectivity index (χ0n) is 49.6. The average molecular weight is 1350 g/mol. The molecule has 0 heterocycles. The molecule has 0 aromatic carbocycles. The minimum absolute atomic E-state index is 0. The Morgan fingerprint density at radius 1 is 0.543 bits per heavy atom. The van der Waals surface area contributed by atoms with Gasteiger partial charge in [-0.2, -0.15) is 0 Å². The summed E-state index contributed by atoms with van der Waals surface area (Å²) in [6.07, 6.45) is 16.2. The van der Waals surface area contributed by atoms with Crippen molar-refractivity contribution in [3.8, 4) is 0 Å². The summed E-state index contributed by atoms with van der Waals surface area (Å²) >= 11 is 9.22. The van der Waals surface area contributed by atoms with Crippen LogP contribution in [-0.4, -0.2) is 91.2 Å². The first-order valence-electron chi connectivity index (χ1n) is 23.8. The number of Topliss-reactive ketones (excluding diaryl/α,β-unsaturated/α-hetero) is 1. The Bertz CT molecular complexity index is 1410. The number of amides is 1. The van der Waals surface area contributed by atoms with E-state index in [1.54, 1.807) is 6.08 Å². The first kappa shape index (κ1) is 89.4. The number of allylic oxidation sites excluding steroid dienone is 2. The standard InChI is InChI=1S/C13H24ClNO.C11H23N.C11H22O.C10H18O.C9H14O.2CH3.2ClH.Cu.2HI.2Mg/c1-11(2)7-12(3,4)9-13(5,8-11)15-10(16)6-14;2*1-9(2)6-10(3,4)8-11(5,12)7-9;1-9(2)5-8(11)6-10(3,4)7-9;1-7-4-8(10)6-9(2,3)5-7;;;;;;;;;/h6-9H2,1-5H3,(H,15,16);6-8,12H2,1-5H3;12H,6-8H2,1-5H3;5-7H2,1-4H3;4H,5-6H2,1-3H3;2*1H3;2*1H;;2*1H;;/q;;;;;2*-1;;;+1;;;2*+2/p-3. The molecule has 1 amide bonds. The van der Waals surface area contributed by atoms with Crippen LogP contribution in [0.25, 0.3) is 0 Å².